The molecule has 1 aromatic rings. The second-order valence-corrected chi connectivity index (χ2v) is 3.95. The van der Waals surface area contributed by atoms with Crippen LogP contribution in [0.4, 0.5) is 0 Å². The molecule has 1 unspecified atom stereocenters. The summed E-state index contributed by atoms with van der Waals surface area (Å²) in [5, 5.41) is 9.19. The standard InChI is InChI=1S/C12H14O3/c1-15-12(11(13)14)7-6-9-4-2-3-5-10(9)8-12/h2-5H,6-8H2,1H3,(H,13,14). The Labute approximate surface area is 88.7 Å². The maximum absolute atomic E-state index is 11.2. The molecule has 15 heavy (non-hydrogen) atoms. The molecule has 0 radical (unpaired) electrons. The van der Waals surface area contributed by atoms with Gasteiger partial charge in [0.15, 0.2) is 5.60 Å². The number of aryl methyl sites for hydroxylation is 1. The van der Waals surface area contributed by atoms with Gasteiger partial charge < -0.3 is 9.84 Å². The third-order valence-corrected chi connectivity index (χ3v) is 3.17. The van der Waals surface area contributed by atoms with Crippen molar-refractivity contribution in [2.24, 2.45) is 0 Å². The molecule has 1 aromatic carbocycles. The average molecular weight is 206 g/mol. The van der Waals surface area contributed by atoms with Crippen LogP contribution in [0.15, 0.2) is 24.3 Å². The van der Waals surface area contributed by atoms with E-state index in [1.165, 1.54) is 12.7 Å². The van der Waals surface area contributed by atoms with Gasteiger partial charge >= 0.3 is 5.97 Å². The summed E-state index contributed by atoms with van der Waals surface area (Å²) in [4.78, 5) is 11.2. The number of rotatable bonds is 2. The Morgan fingerprint density at radius 1 is 1.40 bits per heavy atom. The number of carboxylic acid groups (broad SMARTS) is 1. The van der Waals surface area contributed by atoms with Gasteiger partial charge in [0.1, 0.15) is 0 Å². The first-order chi connectivity index (χ1) is 7.18. The Morgan fingerprint density at radius 3 is 2.67 bits per heavy atom. The smallest absolute Gasteiger partial charge is 0.336 e. The minimum Gasteiger partial charge on any atom is -0.479 e. The highest BCUT2D eigenvalue weighted by Gasteiger charge is 2.41. The molecule has 3 heteroatoms. The number of benzene rings is 1. The molecule has 0 fully saturated rings. The van der Waals surface area contributed by atoms with Gasteiger partial charge in [0, 0.05) is 13.5 Å². The van der Waals surface area contributed by atoms with Gasteiger partial charge in [-0.1, -0.05) is 24.3 Å². The first-order valence-corrected chi connectivity index (χ1v) is 5.03. The average Bonchev–Trinajstić information content (AvgIpc) is 2.28. The van der Waals surface area contributed by atoms with Crippen molar-refractivity contribution in [3.63, 3.8) is 0 Å². The normalized spacial score (nSPS) is 24.6. The fourth-order valence-corrected chi connectivity index (χ4v) is 2.15. The van der Waals surface area contributed by atoms with E-state index in [0.717, 1.165) is 12.0 Å². The van der Waals surface area contributed by atoms with Crippen LogP contribution in [0.3, 0.4) is 0 Å². The van der Waals surface area contributed by atoms with E-state index < -0.39 is 11.6 Å². The third-order valence-electron chi connectivity index (χ3n) is 3.17. The van der Waals surface area contributed by atoms with E-state index >= 15 is 0 Å². The number of hydrogen-bond donors (Lipinski definition) is 1. The Bertz CT molecular complexity index is 386. The molecule has 0 heterocycles. The zero-order valence-electron chi connectivity index (χ0n) is 8.69. The lowest BCUT2D eigenvalue weighted by Gasteiger charge is -2.33. The van der Waals surface area contributed by atoms with E-state index in [1.54, 1.807) is 0 Å². The Kier molecular flexibility index (Phi) is 2.49. The number of fused-ring (bicyclic) bond motifs is 1. The number of hydrogen-bond acceptors (Lipinski definition) is 2. The molecule has 3 nitrogen and oxygen atoms in total. The SMILES string of the molecule is COC1(C(=O)O)CCc2ccccc2C1. The van der Waals surface area contributed by atoms with Crippen molar-refractivity contribution in [1.82, 2.24) is 0 Å². The minimum atomic E-state index is -1.02. The van der Waals surface area contributed by atoms with Crippen molar-refractivity contribution in [1.29, 1.82) is 0 Å². The maximum Gasteiger partial charge on any atom is 0.336 e. The van der Waals surface area contributed by atoms with Crippen LogP contribution in [0.2, 0.25) is 0 Å². The first-order valence-electron chi connectivity index (χ1n) is 5.03. The van der Waals surface area contributed by atoms with Crippen LogP contribution in [0.1, 0.15) is 17.5 Å². The fourth-order valence-electron chi connectivity index (χ4n) is 2.15. The van der Waals surface area contributed by atoms with Gasteiger partial charge in [0.25, 0.3) is 0 Å². The Balaban J connectivity index is 2.35. The molecule has 0 spiro atoms. The lowest BCUT2D eigenvalue weighted by Crippen LogP contribution is -2.45. The highest BCUT2D eigenvalue weighted by molar-refractivity contribution is 5.78. The number of methoxy groups -OCH3 is 1. The lowest BCUT2D eigenvalue weighted by molar-refractivity contribution is -0.163. The van der Waals surface area contributed by atoms with Crippen molar-refractivity contribution < 1.29 is 14.6 Å². The highest BCUT2D eigenvalue weighted by Crippen LogP contribution is 2.31. The maximum atomic E-state index is 11.2. The van der Waals surface area contributed by atoms with Crippen LogP contribution in [0.5, 0.6) is 0 Å². The van der Waals surface area contributed by atoms with Crippen molar-refractivity contribution in [2.75, 3.05) is 7.11 Å². The largest absolute Gasteiger partial charge is 0.479 e. The molecule has 1 aliphatic carbocycles. The van der Waals surface area contributed by atoms with Crippen molar-refractivity contribution in [3.05, 3.63) is 35.4 Å². The van der Waals surface area contributed by atoms with Gasteiger partial charge in [-0.05, 0) is 24.0 Å². The molecule has 2 rings (SSSR count). The second-order valence-electron chi connectivity index (χ2n) is 3.95. The van der Waals surface area contributed by atoms with E-state index in [4.69, 9.17) is 4.74 Å². The van der Waals surface area contributed by atoms with Gasteiger partial charge in [-0.3, -0.25) is 0 Å². The molecule has 0 saturated carbocycles. The summed E-state index contributed by atoms with van der Waals surface area (Å²) < 4.78 is 5.20. The Morgan fingerprint density at radius 2 is 2.07 bits per heavy atom. The van der Waals surface area contributed by atoms with E-state index in [1.807, 2.05) is 18.2 Å². The molecule has 80 valence electrons. The van der Waals surface area contributed by atoms with Crippen LogP contribution >= 0.6 is 0 Å². The second kappa shape index (κ2) is 3.66. The van der Waals surface area contributed by atoms with Gasteiger partial charge in [-0.25, -0.2) is 4.79 Å². The van der Waals surface area contributed by atoms with E-state index in [9.17, 15) is 9.90 Å². The number of carboxylic acids is 1. The lowest BCUT2D eigenvalue weighted by atomic mass is 9.80. The van der Waals surface area contributed by atoms with Gasteiger partial charge in [-0.15, -0.1) is 0 Å². The Hall–Kier alpha value is -1.35. The molecule has 0 saturated heterocycles. The monoisotopic (exact) mass is 206 g/mol. The first kappa shape index (κ1) is 10.2. The van der Waals surface area contributed by atoms with E-state index in [2.05, 4.69) is 6.07 Å². The van der Waals surface area contributed by atoms with Crippen LogP contribution in [0.25, 0.3) is 0 Å². The number of ether oxygens (including phenoxy) is 1. The predicted octanol–water partition coefficient (Wildman–Crippen LogP) is 1.65. The van der Waals surface area contributed by atoms with Gasteiger partial charge in [0.05, 0.1) is 0 Å². The number of aliphatic carboxylic acids is 1. The molecule has 1 aliphatic rings. The summed E-state index contributed by atoms with van der Waals surface area (Å²) in [5.74, 6) is -0.862. The minimum absolute atomic E-state index is 0.467. The van der Waals surface area contributed by atoms with Crippen LogP contribution in [-0.4, -0.2) is 23.8 Å². The molecule has 0 bridgehead atoms. The zero-order valence-corrected chi connectivity index (χ0v) is 8.69. The molecule has 0 amide bonds. The molecular formula is C12H14O3. The summed E-state index contributed by atoms with van der Waals surface area (Å²) >= 11 is 0. The van der Waals surface area contributed by atoms with E-state index in [-0.39, 0.29) is 0 Å². The predicted molar refractivity (Wildman–Crippen MR) is 55.8 cm³/mol. The van der Waals surface area contributed by atoms with Crippen molar-refractivity contribution in [2.45, 2.75) is 24.9 Å². The number of carbonyl (C=O) groups is 1. The summed E-state index contributed by atoms with van der Waals surface area (Å²) in [6.07, 6.45) is 1.79. The van der Waals surface area contributed by atoms with Crippen LogP contribution in [0, 0.1) is 0 Å². The molecule has 1 atom stereocenters. The molecule has 0 aliphatic heterocycles. The quantitative estimate of drug-likeness (QED) is 0.800. The van der Waals surface area contributed by atoms with Crippen LogP contribution in [-0.2, 0) is 22.4 Å². The van der Waals surface area contributed by atoms with Crippen LogP contribution < -0.4 is 0 Å². The summed E-state index contributed by atoms with van der Waals surface area (Å²) in [6.45, 7) is 0. The highest BCUT2D eigenvalue weighted by atomic mass is 16.5. The van der Waals surface area contributed by atoms with Gasteiger partial charge in [0.2, 0.25) is 0 Å². The fraction of sp³-hybridized carbons (Fsp3) is 0.417. The third kappa shape index (κ3) is 1.63. The topological polar surface area (TPSA) is 46.5 Å². The summed E-state index contributed by atoms with van der Waals surface area (Å²) in [7, 11) is 1.47. The summed E-state index contributed by atoms with van der Waals surface area (Å²) in [5.41, 5.74) is 1.31. The van der Waals surface area contributed by atoms with E-state index in [0.29, 0.717) is 12.8 Å². The summed E-state index contributed by atoms with van der Waals surface area (Å²) in [6, 6.07) is 7.95. The van der Waals surface area contributed by atoms with Gasteiger partial charge in [-0.2, -0.15) is 0 Å². The zero-order chi connectivity index (χ0) is 10.9. The molecular weight excluding hydrogens is 192 g/mol. The van der Waals surface area contributed by atoms with Crippen molar-refractivity contribution >= 4 is 5.97 Å². The van der Waals surface area contributed by atoms with Crippen molar-refractivity contribution in [3.8, 4) is 0 Å². The molecule has 0 aromatic heterocycles. The molecule has 1 N–H and O–H groups in total.